The molecule has 88 valence electrons. The molecule has 1 saturated carbocycles. The molecule has 0 radical (unpaired) electrons. The summed E-state index contributed by atoms with van der Waals surface area (Å²) in [6.07, 6.45) is 4.17. The minimum Gasteiger partial charge on any atom is -0.461 e. The van der Waals surface area contributed by atoms with E-state index in [-0.39, 0.29) is 12.1 Å². The van der Waals surface area contributed by atoms with Gasteiger partial charge < -0.3 is 15.8 Å². The Morgan fingerprint density at radius 1 is 1.47 bits per heavy atom. The third kappa shape index (κ3) is 4.18. The lowest BCUT2D eigenvalue weighted by atomic mass is 9.93. The van der Waals surface area contributed by atoms with Crippen LogP contribution in [-0.4, -0.2) is 30.7 Å². The van der Waals surface area contributed by atoms with Gasteiger partial charge in [-0.15, -0.1) is 0 Å². The molecule has 15 heavy (non-hydrogen) atoms. The van der Waals surface area contributed by atoms with E-state index >= 15 is 0 Å². The Balaban J connectivity index is 2.22. The summed E-state index contributed by atoms with van der Waals surface area (Å²) >= 11 is 0. The topological polar surface area (TPSA) is 64.3 Å². The predicted molar refractivity (Wildman–Crippen MR) is 59.5 cm³/mol. The number of esters is 1. The number of hydrogen-bond donors (Lipinski definition) is 2. The van der Waals surface area contributed by atoms with Crippen LogP contribution in [0.5, 0.6) is 0 Å². The third-order valence-electron chi connectivity index (χ3n) is 2.82. The van der Waals surface area contributed by atoms with Crippen LogP contribution in [0.2, 0.25) is 0 Å². The van der Waals surface area contributed by atoms with Crippen LogP contribution in [0.1, 0.15) is 39.5 Å². The van der Waals surface area contributed by atoms with Crippen molar-refractivity contribution in [1.82, 2.24) is 5.32 Å². The first-order chi connectivity index (χ1) is 7.13. The monoisotopic (exact) mass is 214 g/mol. The van der Waals surface area contributed by atoms with Gasteiger partial charge in [-0.1, -0.05) is 6.92 Å². The summed E-state index contributed by atoms with van der Waals surface area (Å²) in [5, 5.41) is 3.42. The first kappa shape index (κ1) is 12.5. The third-order valence-corrected chi connectivity index (χ3v) is 2.82. The first-order valence-electron chi connectivity index (χ1n) is 5.83. The van der Waals surface area contributed by atoms with Gasteiger partial charge in [-0.2, -0.15) is 0 Å². The van der Waals surface area contributed by atoms with E-state index in [1.165, 1.54) is 0 Å². The maximum absolute atomic E-state index is 11.3. The molecule has 0 unspecified atom stereocenters. The van der Waals surface area contributed by atoms with Gasteiger partial charge in [0.2, 0.25) is 0 Å². The largest absolute Gasteiger partial charge is 0.461 e. The molecule has 1 rings (SSSR count). The molecule has 0 aromatic carbocycles. The quantitative estimate of drug-likeness (QED) is 0.679. The molecule has 0 spiro atoms. The summed E-state index contributed by atoms with van der Waals surface area (Å²) in [4.78, 5) is 11.3. The second-order valence-electron chi connectivity index (χ2n) is 4.26. The van der Waals surface area contributed by atoms with Gasteiger partial charge in [0.05, 0.1) is 0 Å². The van der Waals surface area contributed by atoms with Crippen LogP contribution in [0.4, 0.5) is 0 Å². The van der Waals surface area contributed by atoms with Crippen LogP contribution in [-0.2, 0) is 9.53 Å². The van der Waals surface area contributed by atoms with Crippen molar-refractivity contribution in [2.45, 2.75) is 57.7 Å². The van der Waals surface area contributed by atoms with Gasteiger partial charge in [-0.25, -0.2) is 0 Å². The molecule has 0 saturated heterocycles. The van der Waals surface area contributed by atoms with Gasteiger partial charge in [0.1, 0.15) is 12.1 Å². The van der Waals surface area contributed by atoms with Gasteiger partial charge in [0.25, 0.3) is 0 Å². The molecule has 0 amide bonds. The highest BCUT2D eigenvalue weighted by atomic mass is 16.5. The molecule has 0 heterocycles. The van der Waals surface area contributed by atoms with Crippen molar-refractivity contribution in [2.75, 3.05) is 6.54 Å². The highest BCUT2D eigenvalue weighted by Crippen LogP contribution is 2.21. The highest BCUT2D eigenvalue weighted by Gasteiger charge is 2.24. The molecular weight excluding hydrogens is 192 g/mol. The average Bonchev–Trinajstić information content (AvgIpc) is 2.21. The summed E-state index contributed by atoms with van der Waals surface area (Å²) in [7, 11) is 0. The lowest BCUT2D eigenvalue weighted by Crippen LogP contribution is -2.38. The maximum Gasteiger partial charge on any atom is 0.322 e. The molecule has 4 nitrogen and oxygen atoms in total. The molecule has 1 fully saturated rings. The first-order valence-corrected chi connectivity index (χ1v) is 5.83. The summed E-state index contributed by atoms with van der Waals surface area (Å²) < 4.78 is 5.29. The average molecular weight is 214 g/mol. The molecular formula is C11H22N2O2. The fourth-order valence-electron chi connectivity index (χ4n) is 1.95. The molecule has 0 bridgehead atoms. The Bertz CT molecular complexity index is 199. The Hall–Kier alpha value is -0.610. The lowest BCUT2D eigenvalue weighted by Gasteiger charge is -2.29. The number of carbonyl (C=O) groups excluding carboxylic acids is 1. The number of nitrogens with two attached hydrogens (primary N) is 1. The van der Waals surface area contributed by atoms with E-state index < -0.39 is 6.04 Å². The van der Waals surface area contributed by atoms with E-state index in [2.05, 4.69) is 12.2 Å². The second-order valence-corrected chi connectivity index (χ2v) is 4.26. The standard InChI is InChI=1S/C11H22N2O2/c1-3-13-9-4-6-10(7-5-9)15-11(14)8(2)12/h8-10,13H,3-7,12H2,1-2H3/t8-,9-,10-/m1/s1. The maximum atomic E-state index is 11.3. The molecule has 1 atom stereocenters. The van der Waals surface area contributed by atoms with Gasteiger partial charge in [-0.05, 0) is 39.2 Å². The molecule has 4 heteroatoms. The van der Waals surface area contributed by atoms with Crippen molar-refractivity contribution >= 4 is 5.97 Å². The van der Waals surface area contributed by atoms with Crippen LogP contribution >= 0.6 is 0 Å². The Kier molecular flexibility index (Phi) is 5.05. The van der Waals surface area contributed by atoms with Crippen LogP contribution in [0, 0.1) is 0 Å². The zero-order chi connectivity index (χ0) is 11.3. The van der Waals surface area contributed by atoms with E-state index in [0.717, 1.165) is 32.2 Å². The number of carbonyl (C=O) groups is 1. The van der Waals surface area contributed by atoms with E-state index in [0.29, 0.717) is 6.04 Å². The van der Waals surface area contributed by atoms with Gasteiger partial charge >= 0.3 is 5.97 Å². The number of ether oxygens (including phenoxy) is 1. The summed E-state index contributed by atoms with van der Waals surface area (Å²) in [6, 6.07) is 0.0942. The Morgan fingerprint density at radius 3 is 2.53 bits per heavy atom. The Labute approximate surface area is 91.5 Å². The second kappa shape index (κ2) is 6.08. The fraction of sp³-hybridized carbons (Fsp3) is 0.909. The van der Waals surface area contributed by atoms with Crippen molar-refractivity contribution in [3.05, 3.63) is 0 Å². The number of nitrogens with one attached hydrogen (secondary N) is 1. The van der Waals surface area contributed by atoms with Crippen LogP contribution in [0.15, 0.2) is 0 Å². The SMILES string of the molecule is CCN[C@H]1CC[C@H](OC(=O)[C@@H](C)N)CC1. The van der Waals surface area contributed by atoms with Crippen LogP contribution < -0.4 is 11.1 Å². The molecule has 1 aliphatic carbocycles. The van der Waals surface area contributed by atoms with Crippen molar-refractivity contribution in [1.29, 1.82) is 0 Å². The van der Waals surface area contributed by atoms with Gasteiger partial charge in [0.15, 0.2) is 0 Å². The lowest BCUT2D eigenvalue weighted by molar-refractivity contribution is -0.151. The van der Waals surface area contributed by atoms with E-state index in [1.54, 1.807) is 6.92 Å². The molecule has 0 aromatic rings. The van der Waals surface area contributed by atoms with Gasteiger partial charge in [-0.3, -0.25) is 4.79 Å². The summed E-state index contributed by atoms with van der Waals surface area (Å²) in [6.45, 7) is 4.78. The minimum absolute atomic E-state index is 0.0819. The fourth-order valence-corrected chi connectivity index (χ4v) is 1.95. The Morgan fingerprint density at radius 2 is 2.07 bits per heavy atom. The molecule has 1 aliphatic rings. The highest BCUT2D eigenvalue weighted by molar-refractivity contribution is 5.75. The van der Waals surface area contributed by atoms with Crippen molar-refractivity contribution < 1.29 is 9.53 Å². The molecule has 3 N–H and O–H groups in total. The normalized spacial score (nSPS) is 28.5. The van der Waals surface area contributed by atoms with Crippen molar-refractivity contribution in [2.24, 2.45) is 5.73 Å². The van der Waals surface area contributed by atoms with E-state index in [4.69, 9.17) is 10.5 Å². The van der Waals surface area contributed by atoms with E-state index in [9.17, 15) is 4.79 Å². The summed E-state index contributed by atoms with van der Waals surface area (Å²) in [5.41, 5.74) is 5.44. The predicted octanol–water partition coefficient (Wildman–Crippen LogP) is 0.797. The summed E-state index contributed by atoms with van der Waals surface area (Å²) in [5.74, 6) is -0.276. The molecule has 0 aliphatic heterocycles. The minimum atomic E-state index is -0.503. The van der Waals surface area contributed by atoms with Gasteiger partial charge in [0, 0.05) is 6.04 Å². The van der Waals surface area contributed by atoms with Crippen molar-refractivity contribution in [3.63, 3.8) is 0 Å². The van der Waals surface area contributed by atoms with Crippen molar-refractivity contribution in [3.8, 4) is 0 Å². The zero-order valence-electron chi connectivity index (χ0n) is 9.66. The zero-order valence-corrected chi connectivity index (χ0v) is 9.66. The van der Waals surface area contributed by atoms with E-state index in [1.807, 2.05) is 0 Å². The van der Waals surface area contributed by atoms with Crippen LogP contribution in [0.25, 0.3) is 0 Å². The van der Waals surface area contributed by atoms with Crippen LogP contribution in [0.3, 0.4) is 0 Å². The molecule has 0 aromatic heterocycles. The number of rotatable bonds is 4. The smallest absolute Gasteiger partial charge is 0.322 e. The number of hydrogen-bond acceptors (Lipinski definition) is 4.